The first kappa shape index (κ1) is 10.1. The first-order valence-electron chi connectivity index (χ1n) is 4.88. The molecule has 2 unspecified atom stereocenters. The van der Waals surface area contributed by atoms with Crippen LogP contribution in [0, 0.1) is 0 Å². The highest BCUT2D eigenvalue weighted by Crippen LogP contribution is 2.33. The van der Waals surface area contributed by atoms with E-state index in [2.05, 4.69) is 46.1 Å². The number of halogens is 1. The first-order chi connectivity index (χ1) is 6.68. The second kappa shape index (κ2) is 4.01. The van der Waals surface area contributed by atoms with Crippen molar-refractivity contribution in [2.45, 2.75) is 18.5 Å². The molecule has 0 amide bonds. The van der Waals surface area contributed by atoms with Crippen LogP contribution in [0.15, 0.2) is 28.7 Å². The van der Waals surface area contributed by atoms with Crippen molar-refractivity contribution in [3.63, 3.8) is 0 Å². The van der Waals surface area contributed by atoms with Crippen LogP contribution in [0.1, 0.15) is 18.0 Å². The average Bonchev–Trinajstić information content (AvgIpc) is 2.46. The summed E-state index contributed by atoms with van der Waals surface area (Å²) in [6.07, 6.45) is 1.05. The maximum atomic E-state index is 5.95. The summed E-state index contributed by atoms with van der Waals surface area (Å²) in [6.45, 7) is 0.992. The lowest BCUT2D eigenvalue weighted by Crippen LogP contribution is -2.24. The van der Waals surface area contributed by atoms with Gasteiger partial charge in [-0.05, 0) is 25.1 Å². The summed E-state index contributed by atoms with van der Waals surface area (Å²) in [5.41, 5.74) is 7.30. The van der Waals surface area contributed by atoms with Crippen molar-refractivity contribution in [2.24, 2.45) is 5.73 Å². The Morgan fingerprint density at radius 3 is 2.71 bits per heavy atom. The van der Waals surface area contributed by atoms with Gasteiger partial charge in [-0.3, -0.25) is 4.90 Å². The van der Waals surface area contributed by atoms with Gasteiger partial charge < -0.3 is 5.73 Å². The molecule has 14 heavy (non-hydrogen) atoms. The van der Waals surface area contributed by atoms with Gasteiger partial charge in [-0.1, -0.05) is 34.1 Å². The maximum absolute atomic E-state index is 5.95. The van der Waals surface area contributed by atoms with Crippen LogP contribution in [0.3, 0.4) is 0 Å². The number of hydrogen-bond donors (Lipinski definition) is 1. The predicted octanol–water partition coefficient (Wildman–Crippen LogP) is 2.15. The third-order valence-corrected chi connectivity index (χ3v) is 3.57. The van der Waals surface area contributed by atoms with E-state index in [0.717, 1.165) is 13.0 Å². The summed E-state index contributed by atoms with van der Waals surface area (Å²) >= 11 is 3.59. The van der Waals surface area contributed by atoms with E-state index in [1.807, 2.05) is 6.07 Å². The number of hydrogen-bond acceptors (Lipinski definition) is 2. The van der Waals surface area contributed by atoms with E-state index in [4.69, 9.17) is 5.73 Å². The van der Waals surface area contributed by atoms with Crippen LogP contribution in [0.5, 0.6) is 0 Å². The van der Waals surface area contributed by atoms with Gasteiger partial charge in [-0.25, -0.2) is 0 Å². The van der Waals surface area contributed by atoms with Crippen molar-refractivity contribution >= 4 is 15.9 Å². The number of nitrogens with two attached hydrogens (primary N) is 1. The molecule has 2 N–H and O–H groups in total. The Kier molecular flexibility index (Phi) is 2.91. The predicted molar refractivity (Wildman–Crippen MR) is 62.1 cm³/mol. The number of rotatable bonds is 1. The first-order valence-corrected chi connectivity index (χ1v) is 5.68. The van der Waals surface area contributed by atoms with Gasteiger partial charge in [-0.15, -0.1) is 0 Å². The van der Waals surface area contributed by atoms with E-state index in [1.54, 1.807) is 0 Å². The van der Waals surface area contributed by atoms with Crippen molar-refractivity contribution in [1.29, 1.82) is 0 Å². The van der Waals surface area contributed by atoms with Crippen LogP contribution in [-0.4, -0.2) is 24.5 Å². The van der Waals surface area contributed by atoms with Gasteiger partial charge in [-0.2, -0.15) is 0 Å². The Hall–Kier alpha value is -0.380. The molecule has 0 spiro atoms. The van der Waals surface area contributed by atoms with E-state index in [9.17, 15) is 0 Å². The summed E-state index contributed by atoms with van der Waals surface area (Å²) in [4.78, 5) is 2.32. The molecule has 0 aliphatic carbocycles. The molecule has 2 nitrogen and oxygen atoms in total. The molecule has 2 atom stereocenters. The fourth-order valence-corrected chi connectivity index (χ4v) is 2.70. The fourth-order valence-electron chi connectivity index (χ4n) is 2.15. The smallest absolute Gasteiger partial charge is 0.0372 e. The zero-order chi connectivity index (χ0) is 10.1. The van der Waals surface area contributed by atoms with Crippen LogP contribution < -0.4 is 5.73 Å². The van der Waals surface area contributed by atoms with Crippen molar-refractivity contribution in [3.05, 3.63) is 34.3 Å². The molecule has 1 aliphatic rings. The fraction of sp³-hybridized carbons (Fsp3) is 0.455. The molecule has 0 bridgehead atoms. The number of nitrogens with zero attached hydrogens (tertiary/aromatic N) is 1. The highest BCUT2D eigenvalue weighted by atomic mass is 79.9. The van der Waals surface area contributed by atoms with Gasteiger partial charge in [0, 0.05) is 23.1 Å². The van der Waals surface area contributed by atoms with E-state index in [-0.39, 0.29) is 0 Å². The Morgan fingerprint density at radius 2 is 2.14 bits per heavy atom. The summed E-state index contributed by atoms with van der Waals surface area (Å²) in [7, 11) is 2.14. The van der Waals surface area contributed by atoms with Crippen LogP contribution in [-0.2, 0) is 0 Å². The van der Waals surface area contributed by atoms with Crippen molar-refractivity contribution < 1.29 is 0 Å². The lowest BCUT2D eigenvalue weighted by atomic mass is 10.0. The monoisotopic (exact) mass is 254 g/mol. The van der Waals surface area contributed by atoms with E-state index in [0.29, 0.717) is 12.1 Å². The highest BCUT2D eigenvalue weighted by Gasteiger charge is 2.29. The summed E-state index contributed by atoms with van der Waals surface area (Å²) in [6, 6.07) is 9.17. The van der Waals surface area contributed by atoms with Crippen LogP contribution >= 0.6 is 15.9 Å². The minimum atomic E-state index is 0.317. The Morgan fingerprint density at radius 1 is 1.43 bits per heavy atom. The van der Waals surface area contributed by atoms with Crippen molar-refractivity contribution in [2.75, 3.05) is 13.6 Å². The largest absolute Gasteiger partial charge is 0.326 e. The van der Waals surface area contributed by atoms with E-state index < -0.39 is 0 Å². The zero-order valence-electron chi connectivity index (χ0n) is 8.28. The lowest BCUT2D eigenvalue weighted by Gasteiger charge is -2.20. The SMILES string of the molecule is CN1CC(N)CC1c1ccccc1Br. The van der Waals surface area contributed by atoms with Gasteiger partial charge in [0.1, 0.15) is 0 Å². The average molecular weight is 255 g/mol. The standard InChI is InChI=1S/C11H15BrN2/c1-14-7-8(13)6-11(14)9-4-2-3-5-10(9)12/h2-5,8,11H,6-7,13H2,1H3. The van der Waals surface area contributed by atoms with Gasteiger partial charge in [0.25, 0.3) is 0 Å². The van der Waals surface area contributed by atoms with Crippen molar-refractivity contribution in [1.82, 2.24) is 4.90 Å². The molecule has 1 aromatic carbocycles. The molecule has 1 fully saturated rings. The quantitative estimate of drug-likeness (QED) is 0.833. The molecule has 76 valence electrons. The summed E-state index contributed by atoms with van der Waals surface area (Å²) in [5.74, 6) is 0. The van der Waals surface area contributed by atoms with Gasteiger partial charge in [0.2, 0.25) is 0 Å². The highest BCUT2D eigenvalue weighted by molar-refractivity contribution is 9.10. The van der Waals surface area contributed by atoms with E-state index in [1.165, 1.54) is 10.0 Å². The minimum absolute atomic E-state index is 0.317. The third kappa shape index (κ3) is 1.85. The normalized spacial score (nSPS) is 28.2. The molecule has 1 aliphatic heterocycles. The molecule has 3 heteroatoms. The molecule has 1 saturated heterocycles. The lowest BCUT2D eigenvalue weighted by molar-refractivity contribution is 0.315. The van der Waals surface area contributed by atoms with Crippen LogP contribution in [0.2, 0.25) is 0 Å². The number of likely N-dealkylation sites (tertiary alicyclic amines) is 1. The molecular formula is C11H15BrN2. The Bertz CT molecular complexity index is 327. The minimum Gasteiger partial charge on any atom is -0.326 e. The van der Waals surface area contributed by atoms with Gasteiger partial charge in [0.05, 0.1) is 0 Å². The zero-order valence-corrected chi connectivity index (χ0v) is 9.87. The third-order valence-electron chi connectivity index (χ3n) is 2.84. The van der Waals surface area contributed by atoms with Crippen LogP contribution in [0.4, 0.5) is 0 Å². The Labute approximate surface area is 93.2 Å². The number of benzene rings is 1. The summed E-state index contributed by atoms with van der Waals surface area (Å²) in [5, 5.41) is 0. The number of likely N-dealkylation sites (N-methyl/N-ethyl adjacent to an activating group) is 1. The topological polar surface area (TPSA) is 29.3 Å². The summed E-state index contributed by atoms with van der Waals surface area (Å²) < 4.78 is 1.19. The van der Waals surface area contributed by atoms with E-state index >= 15 is 0 Å². The molecule has 0 radical (unpaired) electrons. The molecule has 2 rings (SSSR count). The Balaban J connectivity index is 2.27. The molecule has 0 saturated carbocycles. The van der Waals surface area contributed by atoms with Gasteiger partial charge >= 0.3 is 0 Å². The van der Waals surface area contributed by atoms with Crippen LogP contribution in [0.25, 0.3) is 0 Å². The molecule has 1 heterocycles. The molecular weight excluding hydrogens is 240 g/mol. The van der Waals surface area contributed by atoms with Crippen molar-refractivity contribution in [3.8, 4) is 0 Å². The van der Waals surface area contributed by atoms with Gasteiger partial charge in [0.15, 0.2) is 0 Å². The molecule has 0 aromatic heterocycles. The second-order valence-corrected chi connectivity index (χ2v) is 4.83. The maximum Gasteiger partial charge on any atom is 0.0372 e. The second-order valence-electron chi connectivity index (χ2n) is 3.97. The molecule has 1 aromatic rings.